The molecule has 0 radical (unpaired) electrons. The van der Waals surface area contributed by atoms with Crippen molar-refractivity contribution in [1.82, 2.24) is 10.3 Å². The lowest BCUT2D eigenvalue weighted by Crippen LogP contribution is -2.26. The molecule has 1 aromatic rings. The van der Waals surface area contributed by atoms with Gasteiger partial charge in [-0.3, -0.25) is 0 Å². The maximum atomic E-state index is 5.20. The van der Waals surface area contributed by atoms with E-state index in [4.69, 9.17) is 9.72 Å². The van der Waals surface area contributed by atoms with E-state index in [9.17, 15) is 0 Å². The van der Waals surface area contributed by atoms with E-state index < -0.39 is 0 Å². The minimum Gasteiger partial charge on any atom is -0.380 e. The Morgan fingerprint density at radius 3 is 3.15 bits per heavy atom. The predicted octanol–water partition coefficient (Wildman–Crippen LogP) is 2.39. The average molecular weight is 277 g/mol. The van der Waals surface area contributed by atoms with Crippen LogP contribution in [0.4, 0.5) is 5.82 Å². The summed E-state index contributed by atoms with van der Waals surface area (Å²) in [5, 5.41) is 6.81. The van der Waals surface area contributed by atoms with Gasteiger partial charge in [0.15, 0.2) is 0 Å². The number of unbranched alkanes of at least 4 members (excludes halogenated alkanes) is 1. The lowest BCUT2D eigenvalue weighted by molar-refractivity contribution is 0.117. The Bertz CT molecular complexity index is 409. The molecule has 2 N–H and O–H groups in total. The van der Waals surface area contributed by atoms with Gasteiger partial charge in [-0.1, -0.05) is 6.07 Å². The highest BCUT2D eigenvalue weighted by molar-refractivity contribution is 5.46. The van der Waals surface area contributed by atoms with Crippen molar-refractivity contribution in [3.05, 3.63) is 23.4 Å². The summed E-state index contributed by atoms with van der Waals surface area (Å²) in [6, 6.07) is 4.43. The van der Waals surface area contributed by atoms with Crippen molar-refractivity contribution < 1.29 is 4.74 Å². The molecule has 112 valence electrons. The van der Waals surface area contributed by atoms with Crippen LogP contribution in [0, 0.1) is 0 Å². The zero-order valence-electron chi connectivity index (χ0n) is 12.7. The minimum absolute atomic E-state index is 0.295. The Hall–Kier alpha value is -1.13. The van der Waals surface area contributed by atoms with Crippen molar-refractivity contribution in [3.63, 3.8) is 0 Å². The van der Waals surface area contributed by atoms with Crippen molar-refractivity contribution in [2.45, 2.75) is 45.1 Å². The first-order chi connectivity index (χ1) is 9.79. The van der Waals surface area contributed by atoms with Gasteiger partial charge in [0.25, 0.3) is 0 Å². The van der Waals surface area contributed by atoms with Crippen LogP contribution in [0.15, 0.2) is 12.1 Å². The number of hydrogen-bond donors (Lipinski definition) is 2. The maximum absolute atomic E-state index is 5.20. The van der Waals surface area contributed by atoms with E-state index in [-0.39, 0.29) is 0 Å². The Morgan fingerprint density at radius 2 is 2.30 bits per heavy atom. The Kier molecular flexibility index (Phi) is 6.27. The van der Waals surface area contributed by atoms with Crippen molar-refractivity contribution in [3.8, 4) is 0 Å². The molecule has 4 nitrogen and oxygen atoms in total. The summed E-state index contributed by atoms with van der Waals surface area (Å²) in [5.41, 5.74) is 2.58. The molecule has 1 atom stereocenters. The molecule has 2 rings (SSSR count). The van der Waals surface area contributed by atoms with Gasteiger partial charge < -0.3 is 15.4 Å². The first-order valence-electron chi connectivity index (χ1n) is 7.76. The highest BCUT2D eigenvalue weighted by Crippen LogP contribution is 2.20. The molecule has 0 spiro atoms. The number of aryl methyl sites for hydroxylation is 2. The van der Waals surface area contributed by atoms with Gasteiger partial charge in [-0.2, -0.15) is 0 Å². The molecule has 0 fully saturated rings. The summed E-state index contributed by atoms with van der Waals surface area (Å²) in [6.07, 6.45) is 6.11. The van der Waals surface area contributed by atoms with Gasteiger partial charge in [-0.05, 0) is 57.2 Å². The fourth-order valence-electron chi connectivity index (χ4n) is 2.45. The summed E-state index contributed by atoms with van der Waals surface area (Å²) in [7, 11) is 1.75. The van der Waals surface area contributed by atoms with Crippen LogP contribution in [-0.2, 0) is 17.6 Å². The monoisotopic (exact) mass is 277 g/mol. The molecule has 20 heavy (non-hydrogen) atoms. The average Bonchev–Trinajstić information content (AvgIpc) is 2.50. The van der Waals surface area contributed by atoms with Crippen molar-refractivity contribution in [1.29, 1.82) is 0 Å². The second kappa shape index (κ2) is 8.22. The summed E-state index contributed by atoms with van der Waals surface area (Å²) in [5.74, 6) is 1.11. The van der Waals surface area contributed by atoms with E-state index in [1.54, 1.807) is 7.11 Å². The number of methoxy groups -OCH3 is 1. The first-order valence-corrected chi connectivity index (χ1v) is 7.76. The van der Waals surface area contributed by atoms with Crippen LogP contribution in [0.5, 0.6) is 0 Å². The normalized spacial score (nSPS) is 15.5. The molecule has 4 heteroatoms. The highest BCUT2D eigenvalue weighted by Gasteiger charge is 2.09. The third-order valence-electron chi connectivity index (χ3n) is 3.82. The molecule has 0 unspecified atom stereocenters. The third kappa shape index (κ3) is 4.76. The fourth-order valence-corrected chi connectivity index (χ4v) is 2.45. The molecule has 0 aromatic carbocycles. The lowest BCUT2D eigenvalue weighted by atomic mass is 10.1. The van der Waals surface area contributed by atoms with Gasteiger partial charge in [-0.25, -0.2) is 4.98 Å². The van der Waals surface area contributed by atoms with E-state index in [1.807, 2.05) is 0 Å². The molecule has 0 saturated heterocycles. The van der Waals surface area contributed by atoms with Gasteiger partial charge in [0.05, 0.1) is 6.10 Å². The maximum Gasteiger partial charge on any atom is 0.129 e. The highest BCUT2D eigenvalue weighted by atomic mass is 16.5. The van der Waals surface area contributed by atoms with Gasteiger partial charge in [0.2, 0.25) is 0 Å². The summed E-state index contributed by atoms with van der Waals surface area (Å²) in [6.45, 7) is 5.12. The van der Waals surface area contributed by atoms with Gasteiger partial charge in [0, 0.05) is 25.9 Å². The number of nitrogens with zero attached hydrogens (tertiary/aromatic N) is 1. The van der Waals surface area contributed by atoms with E-state index in [1.165, 1.54) is 30.5 Å². The van der Waals surface area contributed by atoms with Crippen molar-refractivity contribution in [2.24, 2.45) is 0 Å². The molecule has 0 aliphatic carbocycles. The fraction of sp³-hybridized carbons (Fsp3) is 0.688. The number of anilines is 1. The van der Waals surface area contributed by atoms with E-state index >= 15 is 0 Å². The SMILES string of the molecule is CO[C@H](C)CNCCCCc1ccc2c(n1)NCCC2. The van der Waals surface area contributed by atoms with Crippen LogP contribution in [-0.4, -0.2) is 37.8 Å². The van der Waals surface area contributed by atoms with Crippen LogP contribution in [0.3, 0.4) is 0 Å². The summed E-state index contributed by atoms with van der Waals surface area (Å²) < 4.78 is 5.20. The first kappa shape index (κ1) is 15.3. The van der Waals surface area contributed by atoms with Crippen LogP contribution in [0.1, 0.15) is 37.4 Å². The van der Waals surface area contributed by atoms with Gasteiger partial charge in [-0.15, -0.1) is 0 Å². The second-order valence-corrected chi connectivity index (χ2v) is 5.55. The van der Waals surface area contributed by atoms with Crippen molar-refractivity contribution in [2.75, 3.05) is 32.1 Å². The molecule has 0 saturated carbocycles. The quantitative estimate of drug-likeness (QED) is 0.716. The number of ether oxygens (including phenoxy) is 1. The Morgan fingerprint density at radius 1 is 1.40 bits per heavy atom. The topological polar surface area (TPSA) is 46.2 Å². The molecule has 0 bridgehead atoms. The standard InChI is InChI=1S/C16H27N3O/c1-13(20-2)12-17-10-4-3-7-15-9-8-14-6-5-11-18-16(14)19-15/h8-9,13,17H,3-7,10-12H2,1-2H3,(H,18,19)/t13-/m1/s1. The lowest BCUT2D eigenvalue weighted by Gasteiger charge is -2.17. The predicted molar refractivity (Wildman–Crippen MR) is 83.3 cm³/mol. The number of nitrogens with one attached hydrogen (secondary N) is 2. The number of pyridine rings is 1. The molecule has 1 aromatic heterocycles. The Balaban J connectivity index is 1.64. The van der Waals surface area contributed by atoms with Crippen molar-refractivity contribution >= 4 is 5.82 Å². The minimum atomic E-state index is 0.295. The Labute approximate surface area is 122 Å². The molecular formula is C16H27N3O. The summed E-state index contributed by atoms with van der Waals surface area (Å²) >= 11 is 0. The molecule has 0 amide bonds. The van der Waals surface area contributed by atoms with E-state index in [0.29, 0.717) is 6.10 Å². The van der Waals surface area contributed by atoms with Crippen LogP contribution < -0.4 is 10.6 Å². The van der Waals surface area contributed by atoms with E-state index in [2.05, 4.69) is 29.7 Å². The smallest absolute Gasteiger partial charge is 0.129 e. The number of hydrogen-bond acceptors (Lipinski definition) is 4. The van der Waals surface area contributed by atoms with Crippen LogP contribution in [0.25, 0.3) is 0 Å². The third-order valence-corrected chi connectivity index (χ3v) is 3.82. The number of rotatable bonds is 8. The molecule has 1 aliphatic rings. The van der Waals surface area contributed by atoms with Crippen LogP contribution >= 0.6 is 0 Å². The molecule has 1 aliphatic heterocycles. The number of aromatic nitrogens is 1. The summed E-state index contributed by atoms with van der Waals surface area (Å²) in [4.78, 5) is 4.72. The second-order valence-electron chi connectivity index (χ2n) is 5.55. The molecular weight excluding hydrogens is 250 g/mol. The largest absolute Gasteiger partial charge is 0.380 e. The van der Waals surface area contributed by atoms with Gasteiger partial charge >= 0.3 is 0 Å². The zero-order valence-corrected chi connectivity index (χ0v) is 12.7. The van der Waals surface area contributed by atoms with Crippen LogP contribution in [0.2, 0.25) is 0 Å². The van der Waals surface area contributed by atoms with E-state index in [0.717, 1.165) is 38.3 Å². The number of fused-ring (bicyclic) bond motifs is 1. The van der Waals surface area contributed by atoms with Gasteiger partial charge in [0.1, 0.15) is 5.82 Å². The zero-order chi connectivity index (χ0) is 14.2. The molecule has 2 heterocycles.